The van der Waals surface area contributed by atoms with Crippen LogP contribution in [0.4, 0.5) is 22.7 Å². The molecular weight excluding hydrogens is 252 g/mol. The quantitative estimate of drug-likeness (QED) is 0.820. The molecule has 2 aromatic rings. The Balaban J connectivity index is 2.04. The second kappa shape index (κ2) is 6.47. The Hall–Kier alpha value is -2.69. The van der Waals surface area contributed by atoms with Crippen LogP contribution >= 0.6 is 0 Å². The van der Waals surface area contributed by atoms with Crippen LogP contribution in [0.25, 0.3) is 0 Å². The standard InChI is InChI=1S/C15H16N4O/c1-11(20)17-13-5-9-15(10-6-13)19-18-14-7-3-12(16-2)4-8-14/h3-10,16H,1-2H3,(H,17,20). The van der Waals surface area contributed by atoms with Gasteiger partial charge in [0.05, 0.1) is 11.4 Å². The number of carbonyl (C=O) groups excluding carboxylic acids is 1. The van der Waals surface area contributed by atoms with Crippen LogP contribution in [0, 0.1) is 0 Å². The van der Waals surface area contributed by atoms with Gasteiger partial charge in [-0.1, -0.05) is 0 Å². The highest BCUT2D eigenvalue weighted by Crippen LogP contribution is 2.21. The summed E-state index contributed by atoms with van der Waals surface area (Å²) in [4.78, 5) is 10.9. The minimum atomic E-state index is -0.0935. The smallest absolute Gasteiger partial charge is 0.221 e. The zero-order valence-electron chi connectivity index (χ0n) is 11.4. The summed E-state index contributed by atoms with van der Waals surface area (Å²) in [5, 5.41) is 14.0. The molecule has 102 valence electrons. The number of nitrogens with zero attached hydrogens (tertiary/aromatic N) is 2. The van der Waals surface area contributed by atoms with Crippen molar-refractivity contribution in [2.45, 2.75) is 6.92 Å². The maximum atomic E-state index is 10.9. The fourth-order valence-electron chi connectivity index (χ4n) is 1.62. The maximum absolute atomic E-state index is 10.9. The summed E-state index contributed by atoms with van der Waals surface area (Å²) >= 11 is 0. The molecule has 20 heavy (non-hydrogen) atoms. The van der Waals surface area contributed by atoms with E-state index in [0.717, 1.165) is 22.7 Å². The molecule has 2 rings (SSSR count). The molecule has 0 aliphatic rings. The van der Waals surface area contributed by atoms with E-state index in [9.17, 15) is 4.79 Å². The van der Waals surface area contributed by atoms with Gasteiger partial charge < -0.3 is 10.6 Å². The van der Waals surface area contributed by atoms with Crippen molar-refractivity contribution in [1.29, 1.82) is 0 Å². The number of benzene rings is 2. The van der Waals surface area contributed by atoms with Gasteiger partial charge in [0.2, 0.25) is 5.91 Å². The van der Waals surface area contributed by atoms with Crippen molar-refractivity contribution in [2.75, 3.05) is 17.7 Å². The molecule has 0 fully saturated rings. The van der Waals surface area contributed by atoms with E-state index in [1.54, 1.807) is 24.3 Å². The van der Waals surface area contributed by atoms with E-state index in [1.165, 1.54) is 6.92 Å². The Morgan fingerprint density at radius 2 is 1.30 bits per heavy atom. The van der Waals surface area contributed by atoms with Crippen LogP contribution in [0.15, 0.2) is 58.8 Å². The second-order valence-corrected chi connectivity index (χ2v) is 4.22. The molecule has 0 aliphatic heterocycles. The fraction of sp³-hybridized carbons (Fsp3) is 0.133. The number of anilines is 2. The highest BCUT2D eigenvalue weighted by Gasteiger charge is 1.96. The molecule has 0 spiro atoms. The Morgan fingerprint density at radius 1 is 0.850 bits per heavy atom. The van der Waals surface area contributed by atoms with E-state index in [-0.39, 0.29) is 5.91 Å². The zero-order chi connectivity index (χ0) is 14.4. The van der Waals surface area contributed by atoms with Crippen LogP contribution in [-0.4, -0.2) is 13.0 Å². The van der Waals surface area contributed by atoms with Crippen LogP contribution < -0.4 is 10.6 Å². The zero-order valence-corrected chi connectivity index (χ0v) is 11.4. The molecule has 5 heteroatoms. The Kier molecular flexibility index (Phi) is 4.44. The van der Waals surface area contributed by atoms with Gasteiger partial charge in [0.15, 0.2) is 0 Å². The largest absolute Gasteiger partial charge is 0.388 e. The molecule has 0 unspecified atom stereocenters. The van der Waals surface area contributed by atoms with Crippen LogP contribution in [-0.2, 0) is 4.79 Å². The molecule has 0 aromatic heterocycles. The summed E-state index contributed by atoms with van der Waals surface area (Å²) in [5.74, 6) is -0.0935. The average Bonchev–Trinajstić information content (AvgIpc) is 2.46. The monoisotopic (exact) mass is 268 g/mol. The number of nitrogens with one attached hydrogen (secondary N) is 2. The van der Waals surface area contributed by atoms with Gasteiger partial charge in [-0.25, -0.2) is 0 Å². The van der Waals surface area contributed by atoms with E-state index >= 15 is 0 Å². The molecule has 5 nitrogen and oxygen atoms in total. The second-order valence-electron chi connectivity index (χ2n) is 4.22. The molecule has 2 aromatic carbocycles. The van der Waals surface area contributed by atoms with Crippen LogP contribution in [0.1, 0.15) is 6.92 Å². The minimum absolute atomic E-state index is 0.0935. The van der Waals surface area contributed by atoms with E-state index in [1.807, 2.05) is 31.3 Å². The van der Waals surface area contributed by atoms with Crippen molar-refractivity contribution < 1.29 is 4.79 Å². The normalized spacial score (nSPS) is 10.5. The molecule has 0 aliphatic carbocycles. The lowest BCUT2D eigenvalue weighted by atomic mass is 10.3. The third-order valence-electron chi connectivity index (χ3n) is 2.62. The first-order valence-electron chi connectivity index (χ1n) is 6.24. The Bertz CT molecular complexity index is 603. The summed E-state index contributed by atoms with van der Waals surface area (Å²) < 4.78 is 0. The first kappa shape index (κ1) is 13.7. The van der Waals surface area contributed by atoms with Crippen molar-refractivity contribution in [2.24, 2.45) is 10.2 Å². The third kappa shape index (κ3) is 3.91. The van der Waals surface area contributed by atoms with Gasteiger partial charge in [-0.05, 0) is 48.5 Å². The van der Waals surface area contributed by atoms with Crippen molar-refractivity contribution in [3.05, 3.63) is 48.5 Å². The molecule has 0 saturated heterocycles. The van der Waals surface area contributed by atoms with E-state index < -0.39 is 0 Å². The summed E-state index contributed by atoms with van der Waals surface area (Å²) in [5.41, 5.74) is 3.30. The molecule has 1 amide bonds. The van der Waals surface area contributed by atoms with Crippen LogP contribution in [0.2, 0.25) is 0 Å². The minimum Gasteiger partial charge on any atom is -0.388 e. The first-order chi connectivity index (χ1) is 9.67. The molecule has 0 bridgehead atoms. The Labute approximate surface area is 117 Å². The van der Waals surface area contributed by atoms with Crippen LogP contribution in [0.3, 0.4) is 0 Å². The first-order valence-corrected chi connectivity index (χ1v) is 6.24. The topological polar surface area (TPSA) is 65.8 Å². The SMILES string of the molecule is CNc1ccc(N=Nc2ccc(NC(C)=O)cc2)cc1. The van der Waals surface area contributed by atoms with E-state index in [4.69, 9.17) is 0 Å². The van der Waals surface area contributed by atoms with Crippen LogP contribution in [0.5, 0.6) is 0 Å². The predicted octanol–water partition coefficient (Wildman–Crippen LogP) is 4.10. The van der Waals surface area contributed by atoms with Gasteiger partial charge in [-0.3, -0.25) is 4.79 Å². The van der Waals surface area contributed by atoms with Crippen molar-refractivity contribution >= 4 is 28.7 Å². The lowest BCUT2D eigenvalue weighted by Gasteiger charge is -2.01. The number of amides is 1. The molecular formula is C15H16N4O. The maximum Gasteiger partial charge on any atom is 0.221 e. The molecule has 0 saturated carbocycles. The predicted molar refractivity (Wildman–Crippen MR) is 80.9 cm³/mol. The number of azo groups is 1. The summed E-state index contributed by atoms with van der Waals surface area (Å²) in [6.45, 7) is 1.47. The number of hydrogen-bond acceptors (Lipinski definition) is 4. The summed E-state index contributed by atoms with van der Waals surface area (Å²) in [6, 6.07) is 14.8. The summed E-state index contributed by atoms with van der Waals surface area (Å²) in [7, 11) is 1.87. The number of carbonyl (C=O) groups is 1. The molecule has 2 N–H and O–H groups in total. The lowest BCUT2D eigenvalue weighted by Crippen LogP contribution is -2.04. The molecule has 0 heterocycles. The fourth-order valence-corrected chi connectivity index (χ4v) is 1.62. The lowest BCUT2D eigenvalue weighted by molar-refractivity contribution is -0.114. The summed E-state index contributed by atoms with van der Waals surface area (Å²) in [6.07, 6.45) is 0. The van der Waals surface area contributed by atoms with Gasteiger partial charge in [-0.2, -0.15) is 10.2 Å². The van der Waals surface area contributed by atoms with Crippen molar-refractivity contribution in [1.82, 2.24) is 0 Å². The number of rotatable bonds is 4. The highest BCUT2D eigenvalue weighted by atomic mass is 16.1. The third-order valence-corrected chi connectivity index (χ3v) is 2.62. The van der Waals surface area contributed by atoms with Gasteiger partial charge >= 0.3 is 0 Å². The highest BCUT2D eigenvalue weighted by molar-refractivity contribution is 5.88. The molecule has 0 atom stereocenters. The number of hydrogen-bond donors (Lipinski definition) is 2. The van der Waals surface area contributed by atoms with Gasteiger partial charge in [0, 0.05) is 25.3 Å². The van der Waals surface area contributed by atoms with E-state index in [2.05, 4.69) is 20.9 Å². The van der Waals surface area contributed by atoms with Gasteiger partial charge in [-0.15, -0.1) is 0 Å². The van der Waals surface area contributed by atoms with Crippen molar-refractivity contribution in [3.63, 3.8) is 0 Å². The van der Waals surface area contributed by atoms with Crippen molar-refractivity contribution in [3.8, 4) is 0 Å². The molecule has 0 radical (unpaired) electrons. The van der Waals surface area contributed by atoms with Gasteiger partial charge in [0.1, 0.15) is 0 Å². The average molecular weight is 268 g/mol. The van der Waals surface area contributed by atoms with E-state index in [0.29, 0.717) is 0 Å². The Morgan fingerprint density at radius 3 is 1.70 bits per heavy atom. The van der Waals surface area contributed by atoms with Gasteiger partial charge in [0.25, 0.3) is 0 Å².